The summed E-state index contributed by atoms with van der Waals surface area (Å²) >= 11 is 0. The predicted octanol–water partition coefficient (Wildman–Crippen LogP) is 3.98. The van der Waals surface area contributed by atoms with Crippen LogP contribution in [0.3, 0.4) is 0 Å². The summed E-state index contributed by atoms with van der Waals surface area (Å²) in [6, 6.07) is 11.2. The normalized spacial score (nSPS) is 13.2. The second kappa shape index (κ2) is 7.74. The van der Waals surface area contributed by atoms with Gasteiger partial charge in [-0.05, 0) is 62.7 Å². The fourth-order valence-electron chi connectivity index (χ4n) is 3.92. The highest BCUT2D eigenvalue weighted by Crippen LogP contribution is 2.34. The van der Waals surface area contributed by atoms with Crippen LogP contribution in [0, 0.1) is 6.92 Å². The quantitative estimate of drug-likeness (QED) is 0.694. The molecule has 0 spiro atoms. The molecule has 4 rings (SSSR count). The minimum Gasteiger partial charge on any atom is -0.494 e. The molecule has 0 bridgehead atoms. The number of fused-ring (bicyclic) bond motifs is 2. The zero-order valence-corrected chi connectivity index (χ0v) is 17.6. The second-order valence-electron chi connectivity index (χ2n) is 7.21. The van der Waals surface area contributed by atoms with Crippen molar-refractivity contribution in [2.45, 2.75) is 27.3 Å². The number of anilines is 2. The van der Waals surface area contributed by atoms with E-state index in [2.05, 4.69) is 5.32 Å². The molecule has 30 heavy (non-hydrogen) atoms. The molecule has 0 aliphatic carbocycles. The Morgan fingerprint density at radius 2 is 2.00 bits per heavy atom. The molecule has 1 N–H and O–H groups in total. The fraction of sp³-hybridized carbons (Fsp3) is 0.304. The Morgan fingerprint density at radius 1 is 1.20 bits per heavy atom. The Labute approximate surface area is 175 Å². The van der Waals surface area contributed by atoms with Gasteiger partial charge in [0.05, 0.1) is 12.3 Å². The molecule has 1 aliphatic rings. The van der Waals surface area contributed by atoms with Gasteiger partial charge in [-0.3, -0.25) is 9.59 Å². The number of rotatable bonds is 5. The van der Waals surface area contributed by atoms with Gasteiger partial charge in [-0.2, -0.15) is 0 Å². The summed E-state index contributed by atoms with van der Waals surface area (Å²) in [7, 11) is 1.70. The predicted molar refractivity (Wildman–Crippen MR) is 117 cm³/mol. The number of ether oxygens (including phenoxy) is 2. The van der Waals surface area contributed by atoms with Gasteiger partial charge in [-0.1, -0.05) is 0 Å². The Balaban J connectivity index is 1.70. The molecule has 2 amide bonds. The molecule has 0 radical (unpaired) electrons. The van der Waals surface area contributed by atoms with Crippen molar-refractivity contribution < 1.29 is 19.1 Å². The van der Waals surface area contributed by atoms with Gasteiger partial charge < -0.3 is 24.3 Å². The van der Waals surface area contributed by atoms with Crippen molar-refractivity contribution in [1.29, 1.82) is 0 Å². The van der Waals surface area contributed by atoms with E-state index in [9.17, 15) is 9.59 Å². The number of carbonyl (C=O) groups is 2. The highest BCUT2D eigenvalue weighted by Gasteiger charge is 2.24. The number of hydrogen-bond donors (Lipinski definition) is 1. The third kappa shape index (κ3) is 3.26. The molecule has 156 valence electrons. The number of hydrogen-bond acceptors (Lipinski definition) is 4. The van der Waals surface area contributed by atoms with Gasteiger partial charge >= 0.3 is 0 Å². The van der Waals surface area contributed by atoms with Gasteiger partial charge in [0.1, 0.15) is 17.2 Å². The zero-order valence-electron chi connectivity index (χ0n) is 17.6. The number of aromatic nitrogens is 1. The van der Waals surface area contributed by atoms with E-state index in [1.54, 1.807) is 25.2 Å². The van der Waals surface area contributed by atoms with E-state index in [4.69, 9.17) is 9.47 Å². The number of benzene rings is 2. The molecule has 2 heterocycles. The number of aryl methyl sites for hydroxylation is 2. The molecule has 2 aromatic carbocycles. The summed E-state index contributed by atoms with van der Waals surface area (Å²) in [6.45, 7) is 7.19. The van der Waals surface area contributed by atoms with Gasteiger partial charge in [0.15, 0.2) is 6.61 Å². The average Bonchev–Trinajstić information content (AvgIpc) is 3.03. The summed E-state index contributed by atoms with van der Waals surface area (Å²) < 4.78 is 13.1. The molecular formula is C23H25N3O4. The van der Waals surface area contributed by atoms with E-state index in [0.29, 0.717) is 36.0 Å². The van der Waals surface area contributed by atoms with Crippen LogP contribution in [0.1, 0.15) is 29.9 Å². The largest absolute Gasteiger partial charge is 0.494 e. The highest BCUT2D eigenvalue weighted by molar-refractivity contribution is 6.09. The van der Waals surface area contributed by atoms with Gasteiger partial charge in [-0.15, -0.1) is 0 Å². The molecule has 0 saturated heterocycles. The van der Waals surface area contributed by atoms with E-state index >= 15 is 0 Å². The summed E-state index contributed by atoms with van der Waals surface area (Å²) in [6.07, 6.45) is 0. The highest BCUT2D eigenvalue weighted by atomic mass is 16.5. The van der Waals surface area contributed by atoms with Crippen LogP contribution >= 0.6 is 0 Å². The van der Waals surface area contributed by atoms with Crippen LogP contribution in [-0.4, -0.2) is 36.6 Å². The minimum atomic E-state index is -0.200. The third-order valence-corrected chi connectivity index (χ3v) is 5.43. The first kappa shape index (κ1) is 19.8. The van der Waals surface area contributed by atoms with Crippen molar-refractivity contribution in [2.75, 3.05) is 30.5 Å². The molecule has 0 fully saturated rings. The van der Waals surface area contributed by atoms with Crippen molar-refractivity contribution in [1.82, 2.24) is 4.57 Å². The fourth-order valence-corrected chi connectivity index (χ4v) is 3.92. The molecule has 7 heteroatoms. The summed E-state index contributed by atoms with van der Waals surface area (Å²) in [4.78, 5) is 26.7. The van der Waals surface area contributed by atoms with Crippen molar-refractivity contribution in [3.05, 3.63) is 47.7 Å². The topological polar surface area (TPSA) is 72.8 Å². The lowest BCUT2D eigenvalue weighted by molar-refractivity contribution is -0.120. The average molecular weight is 407 g/mol. The van der Waals surface area contributed by atoms with E-state index < -0.39 is 0 Å². The maximum absolute atomic E-state index is 13.2. The Hall–Kier alpha value is -3.48. The van der Waals surface area contributed by atoms with Crippen LogP contribution in [0.15, 0.2) is 36.4 Å². The third-order valence-electron chi connectivity index (χ3n) is 5.43. The van der Waals surface area contributed by atoms with Crippen LogP contribution in [0.4, 0.5) is 11.4 Å². The lowest BCUT2D eigenvalue weighted by atomic mass is 10.1. The van der Waals surface area contributed by atoms with E-state index in [1.807, 2.05) is 43.5 Å². The van der Waals surface area contributed by atoms with Gasteiger partial charge in [0, 0.05) is 30.2 Å². The first-order valence-electron chi connectivity index (χ1n) is 10.0. The number of likely N-dealkylation sites (N-methyl/N-ethyl adjacent to an activating group) is 1. The van der Waals surface area contributed by atoms with Crippen molar-refractivity contribution >= 4 is 34.1 Å². The maximum atomic E-state index is 13.2. The number of nitrogens with zero attached hydrogens (tertiary/aromatic N) is 2. The molecule has 0 saturated carbocycles. The van der Waals surface area contributed by atoms with Gasteiger partial charge in [-0.25, -0.2) is 0 Å². The molecule has 7 nitrogen and oxygen atoms in total. The van der Waals surface area contributed by atoms with E-state index in [1.165, 1.54) is 4.90 Å². The smallest absolute Gasteiger partial charge is 0.272 e. The molecule has 0 atom stereocenters. The first-order valence-corrected chi connectivity index (χ1v) is 10.0. The second-order valence-corrected chi connectivity index (χ2v) is 7.21. The summed E-state index contributed by atoms with van der Waals surface area (Å²) in [5.74, 6) is 1.08. The van der Waals surface area contributed by atoms with Crippen LogP contribution in [0.2, 0.25) is 0 Å². The van der Waals surface area contributed by atoms with Crippen LogP contribution in [0.5, 0.6) is 11.5 Å². The van der Waals surface area contributed by atoms with Crippen LogP contribution < -0.4 is 19.7 Å². The minimum absolute atomic E-state index is 0.0226. The SMILES string of the molecule is CCOc1ccc2c(c1)c(C)c(C(=O)Nc1ccc3c(c1)N(C)C(=O)CO3)n2CC. The molecular weight excluding hydrogens is 382 g/mol. The maximum Gasteiger partial charge on any atom is 0.272 e. The number of amides is 2. The lowest BCUT2D eigenvalue weighted by Gasteiger charge is -2.26. The standard InChI is InChI=1S/C23H25N3O4/c1-5-26-18-9-8-16(29-6-2)12-17(18)14(3)22(26)23(28)24-15-7-10-20-19(11-15)25(4)21(27)13-30-20/h7-12H,5-6,13H2,1-4H3,(H,24,28). The van der Waals surface area contributed by atoms with Crippen molar-refractivity contribution in [3.63, 3.8) is 0 Å². The Morgan fingerprint density at radius 3 is 2.73 bits per heavy atom. The van der Waals surface area contributed by atoms with Crippen LogP contribution in [0.25, 0.3) is 10.9 Å². The van der Waals surface area contributed by atoms with Gasteiger partial charge in [0.25, 0.3) is 11.8 Å². The Bertz CT molecular complexity index is 1150. The number of carbonyl (C=O) groups excluding carboxylic acids is 2. The first-order chi connectivity index (χ1) is 14.4. The van der Waals surface area contributed by atoms with Crippen LogP contribution in [-0.2, 0) is 11.3 Å². The zero-order chi connectivity index (χ0) is 21.4. The monoisotopic (exact) mass is 407 g/mol. The van der Waals surface area contributed by atoms with E-state index in [-0.39, 0.29) is 18.4 Å². The molecule has 0 unspecified atom stereocenters. The summed E-state index contributed by atoms with van der Waals surface area (Å²) in [5, 5.41) is 3.97. The molecule has 3 aromatic rings. The number of nitrogens with one attached hydrogen (secondary N) is 1. The molecule has 1 aromatic heterocycles. The van der Waals surface area contributed by atoms with Crippen molar-refractivity contribution in [2.24, 2.45) is 0 Å². The van der Waals surface area contributed by atoms with E-state index in [0.717, 1.165) is 22.2 Å². The van der Waals surface area contributed by atoms with Crippen molar-refractivity contribution in [3.8, 4) is 11.5 Å². The summed E-state index contributed by atoms with van der Waals surface area (Å²) in [5.41, 5.74) is 3.75. The molecule has 1 aliphatic heterocycles. The van der Waals surface area contributed by atoms with Gasteiger partial charge in [0.2, 0.25) is 0 Å². The lowest BCUT2D eigenvalue weighted by Crippen LogP contribution is -2.35. The Kier molecular flexibility index (Phi) is 5.11.